The van der Waals surface area contributed by atoms with E-state index in [-0.39, 0.29) is 5.91 Å². The van der Waals surface area contributed by atoms with E-state index in [1.54, 1.807) is 35.8 Å². The van der Waals surface area contributed by atoms with E-state index in [0.29, 0.717) is 5.69 Å². The first-order chi connectivity index (χ1) is 8.20. The summed E-state index contributed by atoms with van der Waals surface area (Å²) in [5.41, 5.74) is 1.24. The van der Waals surface area contributed by atoms with Crippen LogP contribution in [0.1, 0.15) is 10.5 Å². The lowest BCUT2D eigenvalue weighted by Crippen LogP contribution is -2.13. The number of aromatic nitrogens is 2. The van der Waals surface area contributed by atoms with Crippen molar-refractivity contribution in [3.8, 4) is 0 Å². The van der Waals surface area contributed by atoms with Gasteiger partial charge in [0.05, 0.1) is 5.69 Å². The summed E-state index contributed by atoms with van der Waals surface area (Å²) in [4.78, 5) is 12.9. The topological polar surface area (TPSA) is 46.9 Å². The van der Waals surface area contributed by atoms with Gasteiger partial charge < -0.3 is 5.32 Å². The maximum atomic E-state index is 11.9. The highest BCUT2D eigenvalue weighted by molar-refractivity contribution is 7.98. The van der Waals surface area contributed by atoms with Gasteiger partial charge in [-0.1, -0.05) is 12.1 Å². The number of hydrogen-bond acceptors (Lipinski definition) is 3. The Balaban J connectivity index is 2.18. The van der Waals surface area contributed by atoms with Crippen molar-refractivity contribution in [2.45, 2.75) is 4.90 Å². The second kappa shape index (κ2) is 5.05. The summed E-state index contributed by atoms with van der Waals surface area (Å²) in [6, 6.07) is 9.39. The van der Waals surface area contributed by atoms with Gasteiger partial charge in [-0.25, -0.2) is 0 Å². The van der Waals surface area contributed by atoms with Crippen molar-refractivity contribution in [2.24, 2.45) is 7.05 Å². The highest BCUT2D eigenvalue weighted by atomic mass is 32.2. The number of para-hydroxylation sites is 1. The van der Waals surface area contributed by atoms with E-state index in [2.05, 4.69) is 10.4 Å². The molecule has 0 bridgehead atoms. The van der Waals surface area contributed by atoms with Crippen LogP contribution in [0.15, 0.2) is 41.4 Å². The average Bonchev–Trinajstić information content (AvgIpc) is 2.77. The number of aryl methyl sites for hydroxylation is 1. The number of benzene rings is 1. The minimum Gasteiger partial charge on any atom is -0.320 e. The zero-order valence-corrected chi connectivity index (χ0v) is 10.5. The van der Waals surface area contributed by atoms with Crippen molar-refractivity contribution in [3.05, 3.63) is 42.2 Å². The van der Waals surface area contributed by atoms with E-state index in [1.165, 1.54) is 0 Å². The molecule has 4 nitrogen and oxygen atoms in total. The van der Waals surface area contributed by atoms with Gasteiger partial charge in [-0.15, -0.1) is 11.8 Å². The van der Waals surface area contributed by atoms with Crippen molar-refractivity contribution in [3.63, 3.8) is 0 Å². The highest BCUT2D eigenvalue weighted by Gasteiger charge is 2.10. The Morgan fingerprint density at radius 2 is 2.12 bits per heavy atom. The number of carbonyl (C=O) groups excluding carboxylic acids is 1. The van der Waals surface area contributed by atoms with Crippen molar-refractivity contribution in [1.82, 2.24) is 9.78 Å². The molecule has 1 aromatic carbocycles. The van der Waals surface area contributed by atoms with Gasteiger partial charge in [-0.05, 0) is 24.5 Å². The molecule has 0 aliphatic heterocycles. The average molecular weight is 247 g/mol. The molecule has 1 N–H and O–H groups in total. The fourth-order valence-electron chi connectivity index (χ4n) is 1.47. The summed E-state index contributed by atoms with van der Waals surface area (Å²) in [6.07, 6.45) is 3.72. The van der Waals surface area contributed by atoms with Gasteiger partial charge >= 0.3 is 0 Å². The molecule has 17 heavy (non-hydrogen) atoms. The normalized spacial score (nSPS) is 10.2. The molecule has 1 aromatic heterocycles. The second-order valence-electron chi connectivity index (χ2n) is 3.53. The van der Waals surface area contributed by atoms with Crippen molar-refractivity contribution >= 4 is 23.4 Å². The summed E-state index contributed by atoms with van der Waals surface area (Å²) in [6.45, 7) is 0. The number of nitrogens with zero attached hydrogens (tertiary/aromatic N) is 2. The first-order valence-electron chi connectivity index (χ1n) is 5.14. The third kappa shape index (κ3) is 2.68. The predicted octanol–water partition coefficient (Wildman–Crippen LogP) is 2.39. The van der Waals surface area contributed by atoms with Crippen LogP contribution in [0.4, 0.5) is 5.69 Å². The third-order valence-corrected chi connectivity index (χ3v) is 3.10. The lowest BCUT2D eigenvalue weighted by molar-refractivity contribution is 0.102. The van der Waals surface area contributed by atoms with Gasteiger partial charge in [0.2, 0.25) is 0 Å². The summed E-state index contributed by atoms with van der Waals surface area (Å²) in [5, 5.41) is 6.92. The number of hydrogen-bond donors (Lipinski definition) is 1. The Morgan fingerprint density at radius 3 is 2.76 bits per heavy atom. The minimum atomic E-state index is -0.188. The number of amides is 1. The highest BCUT2D eigenvalue weighted by Crippen LogP contribution is 2.24. The zero-order chi connectivity index (χ0) is 12.3. The maximum absolute atomic E-state index is 11.9. The minimum absolute atomic E-state index is 0.188. The van der Waals surface area contributed by atoms with Crippen LogP contribution in [-0.4, -0.2) is 21.9 Å². The fourth-order valence-corrected chi connectivity index (χ4v) is 2.02. The molecule has 1 amide bonds. The Hall–Kier alpha value is -1.75. The molecule has 2 rings (SSSR count). The number of thioether (sulfide) groups is 1. The smallest absolute Gasteiger partial charge is 0.276 e. The molecule has 0 unspecified atom stereocenters. The van der Waals surface area contributed by atoms with E-state index in [0.717, 1.165) is 10.6 Å². The maximum Gasteiger partial charge on any atom is 0.276 e. The summed E-state index contributed by atoms with van der Waals surface area (Å²) < 4.78 is 1.61. The van der Waals surface area contributed by atoms with Gasteiger partial charge in [0.25, 0.3) is 5.91 Å². The lowest BCUT2D eigenvalue weighted by Gasteiger charge is -2.07. The Kier molecular flexibility index (Phi) is 3.49. The molecule has 1 heterocycles. The van der Waals surface area contributed by atoms with Crippen molar-refractivity contribution in [1.29, 1.82) is 0 Å². The molecule has 0 atom stereocenters. The molecule has 0 radical (unpaired) electrons. The Labute approximate surface area is 104 Å². The standard InChI is InChI=1S/C12H13N3OS/c1-15-8-7-10(14-15)12(16)13-9-5-3-4-6-11(9)17-2/h3-8H,1-2H3,(H,13,16). The van der Waals surface area contributed by atoms with Gasteiger partial charge in [0, 0.05) is 18.1 Å². The van der Waals surface area contributed by atoms with Crippen LogP contribution in [-0.2, 0) is 7.05 Å². The molecule has 5 heteroatoms. The van der Waals surface area contributed by atoms with E-state index in [4.69, 9.17) is 0 Å². The lowest BCUT2D eigenvalue weighted by atomic mass is 10.3. The van der Waals surface area contributed by atoms with Gasteiger partial charge in [0.15, 0.2) is 5.69 Å². The zero-order valence-electron chi connectivity index (χ0n) is 9.68. The monoisotopic (exact) mass is 247 g/mol. The molecule has 0 spiro atoms. The number of rotatable bonds is 3. The molecule has 0 saturated heterocycles. The molecule has 88 valence electrons. The van der Waals surface area contributed by atoms with E-state index in [9.17, 15) is 4.79 Å². The van der Waals surface area contributed by atoms with Gasteiger partial charge in [-0.2, -0.15) is 5.10 Å². The number of carbonyl (C=O) groups is 1. The molecule has 2 aromatic rings. The third-order valence-electron chi connectivity index (χ3n) is 2.30. The first kappa shape index (κ1) is 11.7. The van der Waals surface area contributed by atoms with Crippen molar-refractivity contribution in [2.75, 3.05) is 11.6 Å². The van der Waals surface area contributed by atoms with Crippen LogP contribution in [0.3, 0.4) is 0 Å². The quantitative estimate of drug-likeness (QED) is 0.847. The van der Waals surface area contributed by atoms with Crippen LogP contribution in [0, 0.1) is 0 Å². The first-order valence-corrected chi connectivity index (χ1v) is 6.37. The van der Waals surface area contributed by atoms with Gasteiger partial charge in [-0.3, -0.25) is 9.48 Å². The molecule has 0 aliphatic rings. The van der Waals surface area contributed by atoms with Crippen LogP contribution in [0.2, 0.25) is 0 Å². The molecule has 0 aliphatic carbocycles. The van der Waals surface area contributed by atoms with Crippen LogP contribution >= 0.6 is 11.8 Å². The van der Waals surface area contributed by atoms with E-state index >= 15 is 0 Å². The van der Waals surface area contributed by atoms with Crippen LogP contribution < -0.4 is 5.32 Å². The largest absolute Gasteiger partial charge is 0.320 e. The fraction of sp³-hybridized carbons (Fsp3) is 0.167. The molecular weight excluding hydrogens is 234 g/mol. The Bertz CT molecular complexity index is 536. The number of nitrogens with one attached hydrogen (secondary N) is 1. The van der Waals surface area contributed by atoms with E-state index < -0.39 is 0 Å². The van der Waals surface area contributed by atoms with Crippen LogP contribution in [0.5, 0.6) is 0 Å². The van der Waals surface area contributed by atoms with Gasteiger partial charge in [0.1, 0.15) is 0 Å². The SMILES string of the molecule is CSc1ccccc1NC(=O)c1ccn(C)n1. The van der Waals surface area contributed by atoms with Crippen molar-refractivity contribution < 1.29 is 4.79 Å². The molecule has 0 fully saturated rings. The number of anilines is 1. The summed E-state index contributed by atoms with van der Waals surface area (Å²) >= 11 is 1.60. The van der Waals surface area contributed by atoms with E-state index in [1.807, 2.05) is 30.5 Å². The summed E-state index contributed by atoms with van der Waals surface area (Å²) in [5.74, 6) is -0.188. The molecule has 0 saturated carbocycles. The molecular formula is C12H13N3OS. The predicted molar refractivity (Wildman–Crippen MR) is 69.4 cm³/mol. The Morgan fingerprint density at radius 1 is 1.35 bits per heavy atom. The second-order valence-corrected chi connectivity index (χ2v) is 4.38. The summed E-state index contributed by atoms with van der Waals surface area (Å²) in [7, 11) is 1.78. The van der Waals surface area contributed by atoms with Crippen LogP contribution in [0.25, 0.3) is 0 Å².